The lowest BCUT2D eigenvalue weighted by Crippen LogP contribution is -1.95. The molecule has 1 heterocycles. The first-order chi connectivity index (χ1) is 10.5. The highest BCUT2D eigenvalue weighted by molar-refractivity contribution is 7.18. The van der Waals surface area contributed by atoms with Crippen LogP contribution in [-0.2, 0) is 0 Å². The molecule has 0 bridgehead atoms. The summed E-state index contributed by atoms with van der Waals surface area (Å²) in [5.41, 5.74) is 0.0708. The zero-order valence-electron chi connectivity index (χ0n) is 11.2. The van der Waals surface area contributed by atoms with Crippen LogP contribution in [0.5, 0.6) is 11.5 Å². The van der Waals surface area contributed by atoms with Gasteiger partial charge in [0.05, 0.1) is 20.1 Å². The van der Waals surface area contributed by atoms with Crippen LogP contribution in [0.15, 0.2) is 30.3 Å². The molecule has 8 heteroatoms. The number of hydrogen-bond donors (Lipinski definition) is 0. The minimum Gasteiger partial charge on any atom is -0.456 e. The summed E-state index contributed by atoms with van der Waals surface area (Å²) in [5.74, 6) is -0.682. The molecular weight excluding hydrogens is 331 g/mol. The molecule has 0 fully saturated rings. The van der Waals surface area contributed by atoms with E-state index in [0.29, 0.717) is 5.75 Å². The van der Waals surface area contributed by atoms with Gasteiger partial charge in [-0.3, -0.25) is 10.1 Å². The largest absolute Gasteiger partial charge is 0.456 e. The summed E-state index contributed by atoms with van der Waals surface area (Å²) in [4.78, 5) is 14.1. The first-order valence-electron chi connectivity index (χ1n) is 6.13. The Morgan fingerprint density at radius 3 is 2.86 bits per heavy atom. The van der Waals surface area contributed by atoms with E-state index >= 15 is 0 Å². The minimum absolute atomic E-state index is 0.0102. The number of aromatic nitrogens is 1. The molecule has 0 aliphatic carbocycles. The van der Waals surface area contributed by atoms with Crippen molar-refractivity contribution in [3.05, 3.63) is 56.3 Å². The van der Waals surface area contributed by atoms with Crippen molar-refractivity contribution < 1.29 is 14.1 Å². The van der Waals surface area contributed by atoms with Gasteiger partial charge in [-0.25, -0.2) is 4.98 Å². The first-order valence-corrected chi connectivity index (χ1v) is 7.32. The van der Waals surface area contributed by atoms with Crippen LogP contribution in [0.4, 0.5) is 10.1 Å². The molecule has 3 rings (SSSR count). The predicted octanol–water partition coefficient (Wildman–Crippen LogP) is 5.10. The second-order valence-electron chi connectivity index (χ2n) is 4.43. The molecule has 0 radical (unpaired) electrons. The Hall–Kier alpha value is -2.25. The van der Waals surface area contributed by atoms with E-state index in [4.69, 9.17) is 16.3 Å². The van der Waals surface area contributed by atoms with Crippen molar-refractivity contribution in [1.82, 2.24) is 4.98 Å². The Morgan fingerprint density at radius 1 is 1.36 bits per heavy atom. The van der Waals surface area contributed by atoms with Crippen LogP contribution < -0.4 is 4.74 Å². The topological polar surface area (TPSA) is 65.3 Å². The molecule has 0 saturated carbocycles. The first kappa shape index (κ1) is 14.7. The number of nitro groups is 1. The monoisotopic (exact) mass is 338 g/mol. The van der Waals surface area contributed by atoms with Crippen LogP contribution in [0.3, 0.4) is 0 Å². The quantitative estimate of drug-likeness (QED) is 0.492. The fourth-order valence-corrected chi connectivity index (χ4v) is 2.96. The molecule has 3 aromatic rings. The number of nitro benzene ring substituents is 1. The van der Waals surface area contributed by atoms with Gasteiger partial charge in [0.2, 0.25) is 5.82 Å². The summed E-state index contributed by atoms with van der Waals surface area (Å²) < 4.78 is 20.3. The zero-order chi connectivity index (χ0) is 15.9. The molecule has 0 spiro atoms. The Bertz CT molecular complexity index is 897. The molecule has 0 aliphatic heterocycles. The Labute approximate surface area is 133 Å². The molecule has 0 amide bonds. The van der Waals surface area contributed by atoms with Crippen molar-refractivity contribution in [2.24, 2.45) is 0 Å². The van der Waals surface area contributed by atoms with Crippen molar-refractivity contribution in [2.75, 3.05) is 0 Å². The highest BCUT2D eigenvalue weighted by atomic mass is 35.5. The van der Waals surface area contributed by atoms with Gasteiger partial charge in [-0.1, -0.05) is 11.6 Å². The van der Waals surface area contributed by atoms with E-state index in [-0.39, 0.29) is 5.75 Å². The van der Waals surface area contributed by atoms with Gasteiger partial charge in [-0.2, -0.15) is 4.39 Å². The number of benzene rings is 2. The van der Waals surface area contributed by atoms with Gasteiger partial charge in [0.15, 0.2) is 0 Å². The van der Waals surface area contributed by atoms with Crippen molar-refractivity contribution in [3.63, 3.8) is 0 Å². The fourth-order valence-electron chi connectivity index (χ4n) is 1.95. The summed E-state index contributed by atoms with van der Waals surface area (Å²) >= 11 is 7.35. The number of hydrogen-bond acceptors (Lipinski definition) is 5. The smallest absolute Gasteiger partial charge is 0.306 e. The van der Waals surface area contributed by atoms with Crippen LogP contribution in [-0.4, -0.2) is 9.91 Å². The van der Waals surface area contributed by atoms with Gasteiger partial charge < -0.3 is 4.74 Å². The molecule has 112 valence electrons. The lowest BCUT2D eigenvalue weighted by atomic mass is 10.3. The highest BCUT2D eigenvalue weighted by Crippen LogP contribution is 2.36. The van der Waals surface area contributed by atoms with E-state index < -0.39 is 21.5 Å². The average molecular weight is 339 g/mol. The maximum Gasteiger partial charge on any atom is 0.306 e. The van der Waals surface area contributed by atoms with Crippen LogP contribution in [0.2, 0.25) is 5.02 Å². The molecule has 5 nitrogen and oxygen atoms in total. The lowest BCUT2D eigenvalue weighted by molar-refractivity contribution is -0.387. The van der Waals surface area contributed by atoms with Crippen LogP contribution in [0.1, 0.15) is 5.01 Å². The molecule has 1 aromatic heterocycles. The molecule has 2 aromatic carbocycles. The number of ether oxygens (including phenoxy) is 1. The lowest BCUT2D eigenvalue weighted by Gasteiger charge is -2.08. The SMILES string of the molecule is Cc1nc2cc(Oc3ccc([N+](=O)[O-])c(F)c3Cl)ccc2s1. The van der Waals surface area contributed by atoms with Crippen LogP contribution in [0.25, 0.3) is 10.2 Å². The number of rotatable bonds is 3. The van der Waals surface area contributed by atoms with E-state index in [0.717, 1.165) is 21.3 Å². The standard InChI is InChI=1S/C14H8ClFN2O3S/c1-7-17-9-6-8(2-5-12(9)22-7)21-11-4-3-10(18(19)20)14(16)13(11)15/h2-6H,1H3. The number of halogens is 2. The second-order valence-corrected chi connectivity index (χ2v) is 6.05. The molecule has 0 aliphatic rings. The predicted molar refractivity (Wildman–Crippen MR) is 82.5 cm³/mol. The van der Waals surface area contributed by atoms with Gasteiger partial charge in [0.1, 0.15) is 16.5 Å². The highest BCUT2D eigenvalue weighted by Gasteiger charge is 2.21. The Balaban J connectivity index is 1.97. The summed E-state index contributed by atoms with van der Waals surface area (Å²) in [6, 6.07) is 7.52. The van der Waals surface area contributed by atoms with E-state index in [1.807, 2.05) is 13.0 Å². The number of nitrogens with zero attached hydrogens (tertiary/aromatic N) is 2. The van der Waals surface area contributed by atoms with Crippen molar-refractivity contribution in [3.8, 4) is 11.5 Å². The average Bonchev–Trinajstić information content (AvgIpc) is 2.83. The number of aryl methyl sites for hydroxylation is 1. The summed E-state index contributed by atoms with van der Waals surface area (Å²) in [5, 5.41) is 11.1. The van der Waals surface area contributed by atoms with Crippen LogP contribution in [0, 0.1) is 22.9 Å². The van der Waals surface area contributed by atoms with Gasteiger partial charge in [0.25, 0.3) is 0 Å². The summed E-state index contributed by atoms with van der Waals surface area (Å²) in [6.07, 6.45) is 0. The molecule has 0 atom stereocenters. The third kappa shape index (κ3) is 2.60. The molecule has 0 saturated heterocycles. The number of fused-ring (bicyclic) bond motifs is 1. The summed E-state index contributed by atoms with van der Waals surface area (Å²) in [6.45, 7) is 1.90. The van der Waals surface area contributed by atoms with Gasteiger partial charge >= 0.3 is 5.69 Å². The Morgan fingerprint density at radius 2 is 2.14 bits per heavy atom. The Kier molecular flexibility index (Phi) is 3.67. The van der Waals surface area contributed by atoms with Gasteiger partial charge in [0, 0.05) is 12.1 Å². The normalized spacial score (nSPS) is 10.9. The molecular formula is C14H8ClFN2O3S. The van der Waals surface area contributed by atoms with Gasteiger partial charge in [-0.15, -0.1) is 11.3 Å². The van der Waals surface area contributed by atoms with Crippen molar-refractivity contribution in [2.45, 2.75) is 6.92 Å². The van der Waals surface area contributed by atoms with E-state index in [1.165, 1.54) is 6.07 Å². The van der Waals surface area contributed by atoms with Crippen molar-refractivity contribution >= 4 is 38.8 Å². The maximum absolute atomic E-state index is 13.8. The minimum atomic E-state index is -1.12. The summed E-state index contributed by atoms with van der Waals surface area (Å²) in [7, 11) is 0. The molecule has 0 N–H and O–H groups in total. The van der Waals surface area contributed by atoms with Gasteiger partial charge in [-0.05, 0) is 25.1 Å². The third-order valence-corrected chi connectivity index (χ3v) is 4.22. The molecule has 0 unspecified atom stereocenters. The second kappa shape index (κ2) is 5.51. The van der Waals surface area contributed by atoms with E-state index in [2.05, 4.69) is 4.98 Å². The van der Waals surface area contributed by atoms with E-state index in [9.17, 15) is 14.5 Å². The zero-order valence-corrected chi connectivity index (χ0v) is 12.7. The van der Waals surface area contributed by atoms with Crippen molar-refractivity contribution in [1.29, 1.82) is 0 Å². The fraction of sp³-hybridized carbons (Fsp3) is 0.0714. The van der Waals surface area contributed by atoms with Crippen LogP contribution >= 0.6 is 22.9 Å². The number of thiazole rings is 1. The maximum atomic E-state index is 13.8. The van der Waals surface area contributed by atoms with E-state index in [1.54, 1.807) is 23.5 Å². The third-order valence-electron chi connectivity index (χ3n) is 2.92. The molecule has 22 heavy (non-hydrogen) atoms.